The number of nitrogens with zero attached hydrogens (tertiary/aromatic N) is 1. The third-order valence-electron chi connectivity index (χ3n) is 2.59. The molecule has 0 spiro atoms. The molecule has 0 atom stereocenters. The topological polar surface area (TPSA) is 46.6 Å². The van der Waals surface area contributed by atoms with E-state index in [-0.39, 0.29) is 11.9 Å². The molecule has 1 fully saturated rings. The van der Waals surface area contributed by atoms with Crippen LogP contribution in [0.4, 0.5) is 4.79 Å². The Morgan fingerprint density at radius 1 is 1.33 bits per heavy atom. The number of hydrogen-bond acceptors (Lipinski definition) is 3. The van der Waals surface area contributed by atoms with Gasteiger partial charge >= 0.3 is 6.09 Å². The van der Waals surface area contributed by atoms with Crippen molar-refractivity contribution in [3.8, 4) is 0 Å². The molecular formula is C14H25NO3. The molecule has 0 radical (unpaired) electrons. The van der Waals surface area contributed by atoms with E-state index in [9.17, 15) is 9.59 Å². The average Bonchev–Trinajstić information content (AvgIpc) is 2.15. The predicted molar refractivity (Wildman–Crippen MR) is 72.5 cm³/mol. The lowest BCUT2D eigenvalue weighted by Crippen LogP contribution is -2.54. The Kier molecular flexibility index (Phi) is 5.58. The van der Waals surface area contributed by atoms with Crippen LogP contribution in [0.15, 0.2) is 13.2 Å². The Bertz CT molecular complexity index is 315. The van der Waals surface area contributed by atoms with Crippen LogP contribution in [0.25, 0.3) is 0 Å². The fraction of sp³-hybridized carbons (Fsp3) is 0.714. The molecule has 0 aromatic heterocycles. The van der Waals surface area contributed by atoms with Gasteiger partial charge in [0.05, 0.1) is 0 Å². The first-order valence-corrected chi connectivity index (χ1v) is 6.14. The molecule has 1 saturated heterocycles. The molecule has 4 heteroatoms. The summed E-state index contributed by atoms with van der Waals surface area (Å²) in [6, 6.07) is 0. The molecule has 1 aliphatic heterocycles. The molecule has 0 saturated carbocycles. The minimum atomic E-state index is -0.491. The molecule has 1 amide bonds. The highest BCUT2D eigenvalue weighted by Crippen LogP contribution is 2.27. The van der Waals surface area contributed by atoms with E-state index in [4.69, 9.17) is 4.74 Å². The number of carbonyl (C=O) groups excluding carboxylic acids is 2. The van der Waals surface area contributed by atoms with Crippen molar-refractivity contribution in [1.82, 2.24) is 4.90 Å². The van der Waals surface area contributed by atoms with Crippen LogP contribution in [0.5, 0.6) is 0 Å². The Morgan fingerprint density at radius 3 is 2.22 bits per heavy atom. The van der Waals surface area contributed by atoms with Crippen LogP contribution in [0.2, 0.25) is 0 Å². The summed E-state index contributed by atoms with van der Waals surface area (Å²) in [4.78, 5) is 24.9. The van der Waals surface area contributed by atoms with Gasteiger partial charge in [-0.05, 0) is 34.6 Å². The molecule has 0 unspecified atom stereocenters. The van der Waals surface area contributed by atoms with Crippen LogP contribution in [-0.2, 0) is 9.53 Å². The number of Topliss-reactive ketones (excluding diaryl/α,β-unsaturated/α-hetero) is 1. The Balaban J connectivity index is 0.00000137. The Hall–Kier alpha value is -1.32. The maximum Gasteiger partial charge on any atom is 0.410 e. The van der Waals surface area contributed by atoms with Crippen LogP contribution < -0.4 is 0 Å². The van der Waals surface area contributed by atoms with Gasteiger partial charge in [0.1, 0.15) is 11.4 Å². The molecule has 1 rings (SSSR count). The fourth-order valence-electron chi connectivity index (χ4n) is 1.86. The number of ether oxygens (including phenoxy) is 1. The molecule has 104 valence electrons. The van der Waals surface area contributed by atoms with Crippen molar-refractivity contribution < 1.29 is 14.3 Å². The lowest BCUT2D eigenvalue weighted by molar-refractivity contribution is -0.125. The highest BCUT2D eigenvalue weighted by atomic mass is 16.6. The second-order valence-electron chi connectivity index (χ2n) is 5.91. The molecule has 18 heavy (non-hydrogen) atoms. The summed E-state index contributed by atoms with van der Waals surface area (Å²) in [5.74, 6) is 0.213. The number of rotatable bonds is 0. The number of likely N-dealkylation sites (tertiary alicyclic amines) is 1. The summed E-state index contributed by atoms with van der Waals surface area (Å²) < 4.78 is 5.32. The van der Waals surface area contributed by atoms with Crippen molar-refractivity contribution in [3.63, 3.8) is 0 Å². The molecule has 4 nitrogen and oxygen atoms in total. The monoisotopic (exact) mass is 255 g/mol. The van der Waals surface area contributed by atoms with Gasteiger partial charge in [0.2, 0.25) is 0 Å². The summed E-state index contributed by atoms with van der Waals surface area (Å²) in [6.07, 6.45) is 0.513. The van der Waals surface area contributed by atoms with Crippen molar-refractivity contribution in [2.75, 3.05) is 6.54 Å². The van der Waals surface area contributed by atoms with E-state index >= 15 is 0 Å². The van der Waals surface area contributed by atoms with E-state index < -0.39 is 11.1 Å². The highest BCUT2D eigenvalue weighted by Gasteiger charge is 2.38. The van der Waals surface area contributed by atoms with E-state index in [1.54, 1.807) is 4.90 Å². The second kappa shape index (κ2) is 6.03. The fourth-order valence-corrected chi connectivity index (χ4v) is 1.86. The molecule has 0 aliphatic carbocycles. The minimum Gasteiger partial charge on any atom is -0.444 e. The van der Waals surface area contributed by atoms with E-state index in [1.807, 2.05) is 34.6 Å². The summed E-state index contributed by atoms with van der Waals surface area (Å²) in [7, 11) is 0. The first-order valence-electron chi connectivity index (χ1n) is 6.14. The third kappa shape index (κ3) is 4.90. The van der Waals surface area contributed by atoms with Crippen molar-refractivity contribution in [3.05, 3.63) is 13.2 Å². The van der Waals surface area contributed by atoms with Gasteiger partial charge in [-0.15, -0.1) is 13.2 Å². The van der Waals surface area contributed by atoms with E-state index in [0.717, 1.165) is 0 Å². The summed E-state index contributed by atoms with van der Waals surface area (Å²) in [5.41, 5.74) is -0.924. The van der Waals surface area contributed by atoms with Gasteiger partial charge in [-0.25, -0.2) is 4.79 Å². The summed E-state index contributed by atoms with van der Waals surface area (Å²) >= 11 is 0. The standard InChI is InChI=1S/C12H21NO3.C2H4/c1-11(2,3)16-10(15)13-7-6-9(14)8-12(13,4)5;1-2/h6-8H2,1-5H3;1-2H2. The van der Waals surface area contributed by atoms with Crippen LogP contribution in [-0.4, -0.2) is 34.5 Å². The lowest BCUT2D eigenvalue weighted by atomic mass is 9.90. The van der Waals surface area contributed by atoms with Gasteiger partial charge in [0.15, 0.2) is 0 Å². The zero-order chi connectivity index (χ0) is 14.6. The van der Waals surface area contributed by atoms with Crippen molar-refractivity contribution >= 4 is 11.9 Å². The van der Waals surface area contributed by atoms with Crippen molar-refractivity contribution in [2.45, 2.75) is 58.6 Å². The second-order valence-corrected chi connectivity index (χ2v) is 5.91. The molecule has 0 aromatic rings. The average molecular weight is 255 g/mol. The van der Waals surface area contributed by atoms with Crippen LogP contribution in [0.3, 0.4) is 0 Å². The smallest absolute Gasteiger partial charge is 0.410 e. The van der Waals surface area contributed by atoms with E-state index in [2.05, 4.69) is 13.2 Å². The zero-order valence-electron chi connectivity index (χ0n) is 12.2. The molecule has 0 bridgehead atoms. The summed E-state index contributed by atoms with van der Waals surface area (Å²) in [6.45, 7) is 15.8. The van der Waals surface area contributed by atoms with Gasteiger partial charge in [0.25, 0.3) is 0 Å². The van der Waals surface area contributed by atoms with Gasteiger partial charge in [0, 0.05) is 24.9 Å². The molecule has 1 aliphatic rings. The first-order chi connectivity index (χ1) is 8.12. The molecular weight excluding hydrogens is 230 g/mol. The van der Waals surface area contributed by atoms with Gasteiger partial charge < -0.3 is 9.64 Å². The van der Waals surface area contributed by atoms with Gasteiger partial charge in [-0.2, -0.15) is 0 Å². The van der Waals surface area contributed by atoms with E-state index in [1.165, 1.54) is 0 Å². The number of amides is 1. The predicted octanol–water partition coefficient (Wildman–Crippen LogP) is 3.17. The van der Waals surface area contributed by atoms with Crippen LogP contribution in [0, 0.1) is 0 Å². The maximum absolute atomic E-state index is 11.9. The molecule has 0 N–H and O–H groups in total. The SMILES string of the molecule is C=C.CC(C)(C)OC(=O)N1CCC(=O)CC1(C)C. The molecule has 0 aromatic carbocycles. The summed E-state index contributed by atoms with van der Waals surface area (Å²) in [5, 5.41) is 0. The largest absolute Gasteiger partial charge is 0.444 e. The Labute approximate surface area is 110 Å². The van der Waals surface area contributed by atoms with Crippen molar-refractivity contribution in [2.24, 2.45) is 0 Å². The number of piperidine rings is 1. The molecule has 1 heterocycles. The van der Waals surface area contributed by atoms with Crippen molar-refractivity contribution in [1.29, 1.82) is 0 Å². The van der Waals surface area contributed by atoms with Crippen LogP contribution >= 0.6 is 0 Å². The quantitative estimate of drug-likeness (QED) is 0.625. The van der Waals surface area contributed by atoms with Crippen LogP contribution in [0.1, 0.15) is 47.5 Å². The number of hydrogen-bond donors (Lipinski definition) is 0. The zero-order valence-corrected chi connectivity index (χ0v) is 12.2. The number of carbonyl (C=O) groups is 2. The number of ketones is 1. The normalized spacial score (nSPS) is 18.7. The minimum absolute atomic E-state index is 0.213. The van der Waals surface area contributed by atoms with Gasteiger partial charge in [-0.3, -0.25) is 4.79 Å². The first kappa shape index (κ1) is 16.7. The third-order valence-corrected chi connectivity index (χ3v) is 2.59. The lowest BCUT2D eigenvalue weighted by Gasteiger charge is -2.41. The maximum atomic E-state index is 11.9. The van der Waals surface area contributed by atoms with E-state index in [0.29, 0.717) is 19.4 Å². The van der Waals surface area contributed by atoms with Gasteiger partial charge in [-0.1, -0.05) is 0 Å². The highest BCUT2D eigenvalue weighted by molar-refractivity contribution is 5.83. The Morgan fingerprint density at radius 2 is 1.83 bits per heavy atom.